The molecular formula is C17H19N3O2. The fourth-order valence-corrected chi connectivity index (χ4v) is 2.46. The summed E-state index contributed by atoms with van der Waals surface area (Å²) in [4.78, 5) is 4.37. The molecule has 0 saturated carbocycles. The van der Waals surface area contributed by atoms with Crippen molar-refractivity contribution in [1.82, 2.24) is 9.55 Å². The summed E-state index contributed by atoms with van der Waals surface area (Å²) in [7, 11) is 5.32. The second-order valence-corrected chi connectivity index (χ2v) is 5.09. The molecule has 114 valence electrons. The number of fused-ring (bicyclic) bond motifs is 1. The number of aryl methyl sites for hydroxylation is 1. The molecule has 0 aliphatic carbocycles. The summed E-state index contributed by atoms with van der Waals surface area (Å²) in [5.74, 6) is 1.66. The lowest BCUT2D eigenvalue weighted by molar-refractivity contribution is 0.399. The average Bonchev–Trinajstić information content (AvgIpc) is 2.93. The van der Waals surface area contributed by atoms with Gasteiger partial charge in [0.05, 0.1) is 31.6 Å². The minimum absolute atomic E-state index is 0.652. The van der Waals surface area contributed by atoms with Crippen LogP contribution in [0.1, 0.15) is 5.56 Å². The van der Waals surface area contributed by atoms with Crippen LogP contribution in [0.2, 0.25) is 0 Å². The number of benzene rings is 2. The fraction of sp³-hybridized carbons (Fsp3) is 0.235. The molecule has 1 N–H and O–H groups in total. The molecule has 0 fully saturated rings. The SMILES string of the molecule is COc1ccc(OC)c(CNc2ccc3c(c2)ncn3C)c1. The molecule has 0 bridgehead atoms. The standard InChI is InChI=1S/C17H19N3O2/c1-20-11-19-15-9-13(4-6-16(15)20)18-10-12-8-14(21-2)5-7-17(12)22-3/h4-9,11,18H,10H2,1-3H3. The van der Waals surface area contributed by atoms with Gasteiger partial charge >= 0.3 is 0 Å². The number of hydrogen-bond donors (Lipinski definition) is 1. The third-order valence-electron chi connectivity index (χ3n) is 3.70. The van der Waals surface area contributed by atoms with Gasteiger partial charge in [0.1, 0.15) is 11.5 Å². The molecule has 2 aromatic carbocycles. The van der Waals surface area contributed by atoms with E-state index in [0.717, 1.165) is 33.8 Å². The van der Waals surface area contributed by atoms with E-state index in [1.54, 1.807) is 14.2 Å². The summed E-state index contributed by atoms with van der Waals surface area (Å²) in [5.41, 5.74) is 4.16. The lowest BCUT2D eigenvalue weighted by Crippen LogP contribution is -2.02. The van der Waals surface area contributed by atoms with Crippen LogP contribution in [0.25, 0.3) is 11.0 Å². The van der Waals surface area contributed by atoms with Crippen LogP contribution in [0.4, 0.5) is 5.69 Å². The van der Waals surface area contributed by atoms with Crippen LogP contribution in [0.3, 0.4) is 0 Å². The maximum Gasteiger partial charge on any atom is 0.124 e. The van der Waals surface area contributed by atoms with Gasteiger partial charge in [-0.3, -0.25) is 0 Å². The first-order chi connectivity index (χ1) is 10.7. The molecule has 0 unspecified atom stereocenters. The largest absolute Gasteiger partial charge is 0.497 e. The molecule has 5 heteroatoms. The molecule has 22 heavy (non-hydrogen) atoms. The van der Waals surface area contributed by atoms with Crippen molar-refractivity contribution in [3.8, 4) is 11.5 Å². The number of anilines is 1. The predicted octanol–water partition coefficient (Wildman–Crippen LogP) is 3.20. The lowest BCUT2D eigenvalue weighted by atomic mass is 10.1. The number of hydrogen-bond acceptors (Lipinski definition) is 4. The summed E-state index contributed by atoms with van der Waals surface area (Å²) >= 11 is 0. The molecule has 1 heterocycles. The van der Waals surface area contributed by atoms with Crippen molar-refractivity contribution in [3.05, 3.63) is 48.3 Å². The zero-order valence-electron chi connectivity index (χ0n) is 13.0. The highest BCUT2D eigenvalue weighted by Crippen LogP contribution is 2.25. The van der Waals surface area contributed by atoms with Gasteiger partial charge in [-0.15, -0.1) is 0 Å². The van der Waals surface area contributed by atoms with Crippen LogP contribution in [-0.2, 0) is 13.6 Å². The van der Waals surface area contributed by atoms with Gasteiger partial charge in [0, 0.05) is 24.8 Å². The lowest BCUT2D eigenvalue weighted by Gasteiger charge is -2.12. The highest BCUT2D eigenvalue weighted by Gasteiger charge is 2.06. The summed E-state index contributed by atoms with van der Waals surface area (Å²) in [6.07, 6.45) is 1.82. The van der Waals surface area contributed by atoms with Gasteiger partial charge in [0.15, 0.2) is 0 Å². The smallest absolute Gasteiger partial charge is 0.124 e. The molecule has 0 radical (unpaired) electrons. The third kappa shape index (κ3) is 2.70. The molecule has 3 rings (SSSR count). The Labute approximate surface area is 129 Å². The fourth-order valence-electron chi connectivity index (χ4n) is 2.46. The maximum absolute atomic E-state index is 5.40. The van der Waals surface area contributed by atoms with Gasteiger partial charge in [0.25, 0.3) is 0 Å². The van der Waals surface area contributed by atoms with Crippen molar-refractivity contribution in [3.63, 3.8) is 0 Å². The number of imidazole rings is 1. The second-order valence-electron chi connectivity index (χ2n) is 5.09. The first kappa shape index (κ1) is 14.3. The molecule has 0 atom stereocenters. The van der Waals surface area contributed by atoms with Crippen LogP contribution in [-0.4, -0.2) is 23.8 Å². The Bertz CT molecular complexity index is 796. The summed E-state index contributed by atoms with van der Waals surface area (Å²) in [5, 5.41) is 3.40. The van der Waals surface area contributed by atoms with Crippen LogP contribution in [0.15, 0.2) is 42.7 Å². The van der Waals surface area contributed by atoms with E-state index in [1.165, 1.54) is 0 Å². The third-order valence-corrected chi connectivity index (χ3v) is 3.70. The Hall–Kier alpha value is -2.69. The Morgan fingerprint density at radius 3 is 2.73 bits per heavy atom. The van der Waals surface area contributed by atoms with Gasteiger partial charge in [-0.2, -0.15) is 0 Å². The molecule has 0 amide bonds. The molecule has 3 aromatic rings. The van der Waals surface area contributed by atoms with E-state index < -0.39 is 0 Å². The van der Waals surface area contributed by atoms with Gasteiger partial charge in [-0.1, -0.05) is 0 Å². The topological polar surface area (TPSA) is 48.3 Å². The van der Waals surface area contributed by atoms with Crippen LogP contribution in [0, 0.1) is 0 Å². The number of ether oxygens (including phenoxy) is 2. The molecule has 0 aliphatic rings. The van der Waals surface area contributed by atoms with Crippen molar-refractivity contribution < 1.29 is 9.47 Å². The zero-order valence-corrected chi connectivity index (χ0v) is 13.0. The highest BCUT2D eigenvalue weighted by molar-refractivity contribution is 5.79. The van der Waals surface area contributed by atoms with Crippen molar-refractivity contribution in [2.45, 2.75) is 6.54 Å². The Morgan fingerprint density at radius 2 is 1.95 bits per heavy atom. The zero-order chi connectivity index (χ0) is 15.5. The molecule has 0 spiro atoms. The number of methoxy groups -OCH3 is 2. The molecular weight excluding hydrogens is 278 g/mol. The van der Waals surface area contributed by atoms with Crippen molar-refractivity contribution in [2.24, 2.45) is 7.05 Å². The first-order valence-electron chi connectivity index (χ1n) is 7.07. The van der Waals surface area contributed by atoms with Gasteiger partial charge in [-0.25, -0.2) is 4.98 Å². The predicted molar refractivity (Wildman–Crippen MR) is 87.6 cm³/mol. The highest BCUT2D eigenvalue weighted by atomic mass is 16.5. The van der Waals surface area contributed by atoms with Crippen molar-refractivity contribution >= 4 is 16.7 Å². The Balaban J connectivity index is 1.81. The van der Waals surface area contributed by atoms with Gasteiger partial charge in [0.2, 0.25) is 0 Å². The average molecular weight is 297 g/mol. The van der Waals surface area contributed by atoms with Crippen molar-refractivity contribution in [2.75, 3.05) is 19.5 Å². The molecule has 1 aromatic heterocycles. The quantitative estimate of drug-likeness (QED) is 0.785. The minimum Gasteiger partial charge on any atom is -0.497 e. The monoisotopic (exact) mass is 297 g/mol. The number of rotatable bonds is 5. The normalized spacial score (nSPS) is 10.7. The summed E-state index contributed by atoms with van der Waals surface area (Å²) in [6.45, 7) is 0.652. The molecule has 5 nitrogen and oxygen atoms in total. The second kappa shape index (κ2) is 5.97. The van der Waals surface area contributed by atoms with E-state index in [4.69, 9.17) is 9.47 Å². The van der Waals surface area contributed by atoms with Crippen LogP contribution >= 0.6 is 0 Å². The number of nitrogens with one attached hydrogen (secondary N) is 1. The molecule has 0 aliphatic heterocycles. The summed E-state index contributed by atoms with van der Waals surface area (Å²) < 4.78 is 12.7. The van der Waals surface area contributed by atoms with E-state index in [9.17, 15) is 0 Å². The number of aromatic nitrogens is 2. The Morgan fingerprint density at radius 1 is 1.09 bits per heavy atom. The van der Waals surface area contributed by atoms with Crippen LogP contribution in [0.5, 0.6) is 11.5 Å². The van der Waals surface area contributed by atoms with Crippen molar-refractivity contribution in [1.29, 1.82) is 0 Å². The van der Waals surface area contributed by atoms with Gasteiger partial charge in [-0.05, 0) is 36.4 Å². The van der Waals surface area contributed by atoms with Gasteiger partial charge < -0.3 is 19.4 Å². The van der Waals surface area contributed by atoms with E-state index in [0.29, 0.717) is 6.54 Å². The van der Waals surface area contributed by atoms with E-state index >= 15 is 0 Å². The van der Waals surface area contributed by atoms with Crippen LogP contribution < -0.4 is 14.8 Å². The maximum atomic E-state index is 5.40. The van der Waals surface area contributed by atoms with E-state index in [1.807, 2.05) is 42.2 Å². The summed E-state index contributed by atoms with van der Waals surface area (Å²) in [6, 6.07) is 11.9. The molecule has 0 saturated heterocycles. The van der Waals surface area contributed by atoms with E-state index in [2.05, 4.69) is 22.4 Å². The number of nitrogens with zero attached hydrogens (tertiary/aromatic N) is 2. The Kier molecular flexibility index (Phi) is 3.87. The first-order valence-corrected chi connectivity index (χ1v) is 7.07. The van der Waals surface area contributed by atoms with E-state index in [-0.39, 0.29) is 0 Å². The minimum atomic E-state index is 0.652.